The first-order valence-corrected chi connectivity index (χ1v) is 10.5. The standard InChI is InChI=1S/C23H27N3O4/c1-2-17-14-26(23(28)19-4-3-8-24-13-19)9-7-18(17)11-22(27)25-12-16-5-6-20-21(10-16)30-15-29-20/h3-6,8,10,13,17-18H,2,7,9,11-12,14-15H2,1H3,(H,25,27)/t17-,18+/m1/s1. The van der Waals surface area contributed by atoms with Gasteiger partial charge in [-0.15, -0.1) is 0 Å². The van der Waals surface area contributed by atoms with Gasteiger partial charge >= 0.3 is 0 Å². The largest absolute Gasteiger partial charge is 0.454 e. The van der Waals surface area contributed by atoms with Crippen LogP contribution in [0.15, 0.2) is 42.7 Å². The lowest BCUT2D eigenvalue weighted by atomic mass is 9.81. The predicted octanol–water partition coefficient (Wildman–Crippen LogP) is 3.01. The molecule has 30 heavy (non-hydrogen) atoms. The summed E-state index contributed by atoms with van der Waals surface area (Å²) < 4.78 is 10.7. The molecule has 1 aromatic carbocycles. The number of pyridine rings is 1. The molecule has 0 saturated carbocycles. The van der Waals surface area contributed by atoms with Crippen molar-refractivity contribution >= 4 is 11.8 Å². The van der Waals surface area contributed by atoms with E-state index >= 15 is 0 Å². The quantitative estimate of drug-likeness (QED) is 0.793. The second kappa shape index (κ2) is 9.15. The lowest BCUT2D eigenvalue weighted by Crippen LogP contribution is -2.44. The molecule has 1 saturated heterocycles. The minimum Gasteiger partial charge on any atom is -0.454 e. The van der Waals surface area contributed by atoms with Crippen LogP contribution in [0.25, 0.3) is 0 Å². The third-order valence-electron chi connectivity index (χ3n) is 5.99. The molecule has 1 fully saturated rings. The highest BCUT2D eigenvalue weighted by Crippen LogP contribution is 2.33. The number of rotatable bonds is 6. The number of likely N-dealkylation sites (tertiary alicyclic amines) is 1. The fourth-order valence-electron chi connectivity index (χ4n) is 4.23. The molecule has 0 radical (unpaired) electrons. The smallest absolute Gasteiger partial charge is 0.255 e. The van der Waals surface area contributed by atoms with Crippen LogP contribution in [0.1, 0.15) is 42.1 Å². The summed E-state index contributed by atoms with van der Waals surface area (Å²) in [5.41, 5.74) is 1.60. The van der Waals surface area contributed by atoms with Crippen LogP contribution in [0, 0.1) is 11.8 Å². The molecule has 7 nitrogen and oxygen atoms in total. The Hall–Kier alpha value is -3.09. The predicted molar refractivity (Wildman–Crippen MR) is 111 cm³/mol. The van der Waals surface area contributed by atoms with E-state index in [-0.39, 0.29) is 24.5 Å². The van der Waals surface area contributed by atoms with E-state index in [1.165, 1.54) is 0 Å². The van der Waals surface area contributed by atoms with Crippen LogP contribution in [-0.4, -0.2) is 41.6 Å². The lowest BCUT2D eigenvalue weighted by molar-refractivity contribution is -0.123. The Labute approximate surface area is 176 Å². The van der Waals surface area contributed by atoms with E-state index in [2.05, 4.69) is 17.2 Å². The van der Waals surface area contributed by atoms with Gasteiger partial charge in [0.25, 0.3) is 5.91 Å². The number of piperidine rings is 1. The number of ether oxygens (including phenoxy) is 2. The molecule has 0 bridgehead atoms. The highest BCUT2D eigenvalue weighted by Gasteiger charge is 2.32. The molecular weight excluding hydrogens is 382 g/mol. The fourth-order valence-corrected chi connectivity index (χ4v) is 4.23. The molecule has 158 valence electrons. The molecule has 0 unspecified atom stereocenters. The van der Waals surface area contributed by atoms with Crippen molar-refractivity contribution < 1.29 is 19.1 Å². The van der Waals surface area contributed by atoms with Gasteiger partial charge in [-0.2, -0.15) is 0 Å². The molecule has 4 rings (SSSR count). The van der Waals surface area contributed by atoms with Crippen molar-refractivity contribution in [1.29, 1.82) is 0 Å². The van der Waals surface area contributed by atoms with Crippen molar-refractivity contribution in [2.45, 2.75) is 32.7 Å². The molecule has 0 spiro atoms. The molecular formula is C23H27N3O4. The Morgan fingerprint density at radius 2 is 2.07 bits per heavy atom. The van der Waals surface area contributed by atoms with Crippen molar-refractivity contribution in [1.82, 2.24) is 15.2 Å². The third-order valence-corrected chi connectivity index (χ3v) is 5.99. The summed E-state index contributed by atoms with van der Waals surface area (Å²) in [6, 6.07) is 9.28. The molecule has 2 aromatic rings. The van der Waals surface area contributed by atoms with Crippen molar-refractivity contribution in [3.05, 3.63) is 53.9 Å². The first-order valence-electron chi connectivity index (χ1n) is 10.5. The summed E-state index contributed by atoms with van der Waals surface area (Å²) in [5.74, 6) is 2.12. The van der Waals surface area contributed by atoms with Crippen LogP contribution < -0.4 is 14.8 Å². The Morgan fingerprint density at radius 1 is 1.20 bits per heavy atom. The van der Waals surface area contributed by atoms with Crippen LogP contribution in [0.5, 0.6) is 11.5 Å². The number of fused-ring (bicyclic) bond motifs is 1. The molecule has 2 amide bonds. The number of hydrogen-bond acceptors (Lipinski definition) is 5. The highest BCUT2D eigenvalue weighted by molar-refractivity contribution is 5.94. The minimum atomic E-state index is 0.0206. The van der Waals surface area contributed by atoms with Crippen LogP contribution >= 0.6 is 0 Å². The third kappa shape index (κ3) is 4.56. The Balaban J connectivity index is 1.29. The molecule has 3 heterocycles. The molecule has 2 atom stereocenters. The van der Waals surface area contributed by atoms with Gasteiger partial charge in [0.05, 0.1) is 5.56 Å². The molecule has 7 heteroatoms. The summed E-state index contributed by atoms with van der Waals surface area (Å²) in [5, 5.41) is 3.02. The zero-order chi connectivity index (χ0) is 20.9. The van der Waals surface area contributed by atoms with Crippen molar-refractivity contribution in [2.75, 3.05) is 19.9 Å². The Bertz CT molecular complexity index is 903. The Kier molecular flexibility index (Phi) is 6.16. The molecule has 2 aliphatic rings. The molecule has 0 aliphatic carbocycles. The maximum Gasteiger partial charge on any atom is 0.255 e. The number of benzene rings is 1. The number of carbonyl (C=O) groups excluding carboxylic acids is 2. The number of aromatic nitrogens is 1. The van der Waals surface area contributed by atoms with Gasteiger partial charge < -0.3 is 19.7 Å². The van der Waals surface area contributed by atoms with Crippen LogP contribution in [0.4, 0.5) is 0 Å². The minimum absolute atomic E-state index is 0.0206. The first-order chi connectivity index (χ1) is 14.6. The molecule has 2 aliphatic heterocycles. The van der Waals surface area contributed by atoms with E-state index in [9.17, 15) is 9.59 Å². The lowest BCUT2D eigenvalue weighted by Gasteiger charge is -2.38. The Morgan fingerprint density at radius 3 is 2.87 bits per heavy atom. The van der Waals surface area contributed by atoms with Gasteiger partial charge in [-0.3, -0.25) is 14.6 Å². The normalized spacial score (nSPS) is 20.1. The number of amides is 2. The summed E-state index contributed by atoms with van der Waals surface area (Å²) in [6.07, 6.45) is 5.54. The molecule has 1 aromatic heterocycles. The van der Waals surface area contributed by atoms with Crippen LogP contribution in [0.3, 0.4) is 0 Å². The van der Waals surface area contributed by atoms with Crippen molar-refractivity contribution in [2.24, 2.45) is 11.8 Å². The van der Waals surface area contributed by atoms with E-state index in [0.29, 0.717) is 37.5 Å². The average molecular weight is 409 g/mol. The van der Waals surface area contributed by atoms with E-state index in [0.717, 1.165) is 29.9 Å². The van der Waals surface area contributed by atoms with Gasteiger partial charge in [-0.1, -0.05) is 19.4 Å². The molecule has 1 N–H and O–H groups in total. The van der Waals surface area contributed by atoms with E-state index < -0.39 is 0 Å². The highest BCUT2D eigenvalue weighted by atomic mass is 16.7. The maximum atomic E-state index is 12.7. The summed E-state index contributed by atoms with van der Waals surface area (Å²) in [6.45, 7) is 4.19. The van der Waals surface area contributed by atoms with E-state index in [4.69, 9.17) is 9.47 Å². The van der Waals surface area contributed by atoms with Gasteiger partial charge in [0.2, 0.25) is 12.7 Å². The summed E-state index contributed by atoms with van der Waals surface area (Å²) in [4.78, 5) is 31.2. The summed E-state index contributed by atoms with van der Waals surface area (Å²) >= 11 is 0. The number of nitrogens with one attached hydrogen (secondary N) is 1. The van der Waals surface area contributed by atoms with Crippen molar-refractivity contribution in [3.8, 4) is 11.5 Å². The summed E-state index contributed by atoms with van der Waals surface area (Å²) in [7, 11) is 0. The van der Waals surface area contributed by atoms with Crippen LogP contribution in [-0.2, 0) is 11.3 Å². The first kappa shape index (κ1) is 20.2. The number of hydrogen-bond donors (Lipinski definition) is 1. The number of nitrogens with zero attached hydrogens (tertiary/aromatic N) is 2. The maximum absolute atomic E-state index is 12.7. The SMILES string of the molecule is CC[C@@H]1CN(C(=O)c2cccnc2)CC[C@H]1CC(=O)NCc1ccc2c(c1)OCO2. The number of carbonyl (C=O) groups is 2. The van der Waals surface area contributed by atoms with Gasteiger partial charge in [-0.25, -0.2) is 0 Å². The van der Waals surface area contributed by atoms with Crippen molar-refractivity contribution in [3.63, 3.8) is 0 Å². The zero-order valence-corrected chi connectivity index (χ0v) is 17.2. The second-order valence-corrected chi connectivity index (χ2v) is 7.88. The second-order valence-electron chi connectivity index (χ2n) is 7.88. The van der Waals surface area contributed by atoms with Gasteiger partial charge in [-0.05, 0) is 48.1 Å². The van der Waals surface area contributed by atoms with Gasteiger partial charge in [0, 0.05) is 38.4 Å². The van der Waals surface area contributed by atoms with Crippen LogP contribution in [0.2, 0.25) is 0 Å². The van der Waals surface area contributed by atoms with Gasteiger partial charge in [0.15, 0.2) is 11.5 Å². The average Bonchev–Trinajstić information content (AvgIpc) is 3.26. The topological polar surface area (TPSA) is 80.8 Å². The van der Waals surface area contributed by atoms with E-state index in [1.54, 1.807) is 24.5 Å². The zero-order valence-electron chi connectivity index (χ0n) is 17.2. The van der Waals surface area contributed by atoms with Gasteiger partial charge in [0.1, 0.15) is 0 Å². The van der Waals surface area contributed by atoms with E-state index in [1.807, 2.05) is 23.1 Å². The monoisotopic (exact) mass is 409 g/mol. The fraction of sp³-hybridized carbons (Fsp3) is 0.435.